The van der Waals surface area contributed by atoms with E-state index in [0.29, 0.717) is 25.0 Å². The predicted molar refractivity (Wildman–Crippen MR) is 116 cm³/mol. The lowest BCUT2D eigenvalue weighted by Crippen LogP contribution is -2.49. The predicted octanol–water partition coefficient (Wildman–Crippen LogP) is 5.44. The lowest BCUT2D eigenvalue weighted by Gasteiger charge is -2.47. The van der Waals surface area contributed by atoms with E-state index in [0.717, 1.165) is 30.4 Å². The van der Waals surface area contributed by atoms with E-state index >= 15 is 0 Å². The van der Waals surface area contributed by atoms with Gasteiger partial charge in [-0.1, -0.05) is 35.1 Å². The molecule has 3 aliphatic carbocycles. The van der Waals surface area contributed by atoms with Gasteiger partial charge in [0.1, 0.15) is 5.60 Å². The van der Waals surface area contributed by atoms with Crippen molar-refractivity contribution in [2.75, 3.05) is 7.11 Å². The summed E-state index contributed by atoms with van der Waals surface area (Å²) in [6, 6.07) is 3.45. The van der Waals surface area contributed by atoms with Gasteiger partial charge in [0, 0.05) is 12.5 Å². The minimum Gasteiger partial charge on any atom is -0.490 e. The molecule has 0 spiro atoms. The molecule has 0 aliphatic heterocycles. The SMILES string of the molecule is C.CC.CC.COc1cc2c(cc1[N+](=O)[O-])C1CCC3(O)C(=O)CCC3C1CC2. The third kappa shape index (κ3) is 4.18. The van der Waals surface area contributed by atoms with Crippen molar-refractivity contribution in [3.8, 4) is 5.75 Å². The van der Waals surface area contributed by atoms with E-state index in [2.05, 4.69) is 0 Å². The molecule has 1 aromatic carbocycles. The van der Waals surface area contributed by atoms with Crippen molar-refractivity contribution < 1.29 is 19.6 Å². The van der Waals surface area contributed by atoms with Crippen LogP contribution in [0.5, 0.6) is 5.75 Å². The summed E-state index contributed by atoms with van der Waals surface area (Å²) in [4.78, 5) is 23.1. The van der Waals surface area contributed by atoms with Crippen LogP contribution >= 0.6 is 0 Å². The number of methoxy groups -OCH3 is 1. The first-order valence-electron chi connectivity index (χ1n) is 10.6. The van der Waals surface area contributed by atoms with Crippen LogP contribution in [0.15, 0.2) is 12.1 Å². The molecule has 0 amide bonds. The molecular weight excluding hydrogens is 370 g/mol. The lowest BCUT2D eigenvalue weighted by molar-refractivity contribution is -0.385. The number of ketones is 1. The Morgan fingerprint density at radius 2 is 1.79 bits per heavy atom. The van der Waals surface area contributed by atoms with Gasteiger partial charge >= 0.3 is 5.69 Å². The molecule has 0 heterocycles. The highest BCUT2D eigenvalue weighted by molar-refractivity contribution is 5.90. The number of aliphatic hydroxyl groups is 1. The van der Waals surface area contributed by atoms with Gasteiger partial charge in [0.15, 0.2) is 11.5 Å². The summed E-state index contributed by atoms with van der Waals surface area (Å²) in [5.41, 5.74) is 0.964. The first-order valence-corrected chi connectivity index (χ1v) is 10.6. The van der Waals surface area contributed by atoms with Crippen LogP contribution in [0.4, 0.5) is 5.69 Å². The minimum absolute atomic E-state index is 0. The first-order chi connectivity index (χ1) is 13.5. The fourth-order valence-corrected chi connectivity index (χ4v) is 5.32. The highest BCUT2D eigenvalue weighted by Gasteiger charge is 2.56. The zero-order valence-electron chi connectivity index (χ0n) is 17.7. The number of rotatable bonds is 2. The number of nitrogens with zero attached hydrogens (tertiary/aromatic N) is 1. The van der Waals surface area contributed by atoms with Crippen LogP contribution < -0.4 is 4.74 Å². The molecule has 3 aliphatic rings. The van der Waals surface area contributed by atoms with Crippen molar-refractivity contribution in [2.45, 2.75) is 85.2 Å². The van der Waals surface area contributed by atoms with Crippen molar-refractivity contribution in [2.24, 2.45) is 11.8 Å². The number of nitro benzene ring substituents is 1. The fourth-order valence-electron chi connectivity index (χ4n) is 5.32. The number of hydrogen-bond donors (Lipinski definition) is 1. The van der Waals surface area contributed by atoms with E-state index in [-0.39, 0.29) is 36.7 Å². The second-order valence-corrected chi connectivity index (χ2v) is 7.32. The molecule has 2 saturated carbocycles. The van der Waals surface area contributed by atoms with Crippen LogP contribution in [-0.2, 0) is 11.2 Å². The normalized spacial score (nSPS) is 28.8. The Bertz CT molecular complexity index is 732. The molecule has 2 fully saturated rings. The molecular formula is C23H37NO5. The maximum Gasteiger partial charge on any atom is 0.311 e. The molecule has 29 heavy (non-hydrogen) atoms. The molecule has 1 aromatic rings. The van der Waals surface area contributed by atoms with Crippen LogP contribution in [0.3, 0.4) is 0 Å². The Morgan fingerprint density at radius 3 is 2.38 bits per heavy atom. The molecule has 4 atom stereocenters. The first kappa shape index (κ1) is 25.1. The molecule has 6 nitrogen and oxygen atoms in total. The number of nitro groups is 1. The number of aryl methyl sites for hydroxylation is 1. The molecule has 0 aromatic heterocycles. The summed E-state index contributed by atoms with van der Waals surface area (Å²) in [7, 11) is 1.45. The van der Waals surface area contributed by atoms with Gasteiger partial charge in [0.25, 0.3) is 0 Å². The van der Waals surface area contributed by atoms with Crippen LogP contribution in [0.1, 0.15) is 84.3 Å². The number of fused-ring (bicyclic) bond motifs is 5. The second-order valence-electron chi connectivity index (χ2n) is 7.32. The maximum absolute atomic E-state index is 12.1. The lowest BCUT2D eigenvalue weighted by atomic mass is 9.59. The Hall–Kier alpha value is -1.95. The minimum atomic E-state index is -1.16. The average molecular weight is 408 g/mol. The Labute approximate surface area is 174 Å². The number of benzene rings is 1. The Morgan fingerprint density at radius 1 is 1.14 bits per heavy atom. The molecule has 0 radical (unpaired) electrons. The molecule has 164 valence electrons. The van der Waals surface area contributed by atoms with E-state index in [1.807, 2.05) is 27.7 Å². The van der Waals surface area contributed by atoms with Gasteiger partial charge < -0.3 is 9.84 Å². The molecule has 6 heteroatoms. The van der Waals surface area contributed by atoms with Gasteiger partial charge in [-0.2, -0.15) is 0 Å². The topological polar surface area (TPSA) is 89.7 Å². The van der Waals surface area contributed by atoms with Gasteiger partial charge in [-0.05, 0) is 67.1 Å². The fraction of sp³-hybridized carbons (Fsp3) is 0.696. The smallest absolute Gasteiger partial charge is 0.311 e. The van der Waals surface area contributed by atoms with Crippen LogP contribution in [0, 0.1) is 22.0 Å². The van der Waals surface area contributed by atoms with Crippen molar-refractivity contribution in [3.63, 3.8) is 0 Å². The molecule has 0 saturated heterocycles. The third-order valence-corrected chi connectivity index (χ3v) is 6.43. The van der Waals surface area contributed by atoms with Gasteiger partial charge in [0.2, 0.25) is 0 Å². The van der Waals surface area contributed by atoms with E-state index < -0.39 is 10.5 Å². The Balaban J connectivity index is 0.000000794. The maximum atomic E-state index is 12.1. The number of ether oxygens (including phenoxy) is 1. The van der Waals surface area contributed by atoms with E-state index in [9.17, 15) is 20.0 Å². The Kier molecular flexibility index (Phi) is 8.82. The van der Waals surface area contributed by atoms with Crippen LogP contribution in [-0.4, -0.2) is 28.5 Å². The number of carbonyl (C=O) groups excluding carboxylic acids is 1. The summed E-state index contributed by atoms with van der Waals surface area (Å²) < 4.78 is 5.18. The third-order valence-electron chi connectivity index (χ3n) is 6.43. The quantitative estimate of drug-likeness (QED) is 0.520. The van der Waals surface area contributed by atoms with Crippen LogP contribution in [0.2, 0.25) is 0 Å². The van der Waals surface area contributed by atoms with Gasteiger partial charge in [-0.3, -0.25) is 14.9 Å². The average Bonchev–Trinajstić information content (AvgIpc) is 3.04. The van der Waals surface area contributed by atoms with Crippen molar-refractivity contribution >= 4 is 11.5 Å². The number of hydrogen-bond acceptors (Lipinski definition) is 5. The summed E-state index contributed by atoms with van der Waals surface area (Å²) in [6.07, 6.45) is 4.10. The summed E-state index contributed by atoms with van der Waals surface area (Å²) in [5, 5.41) is 22.2. The number of carbonyl (C=O) groups is 1. The van der Waals surface area contributed by atoms with Gasteiger partial charge in [0.05, 0.1) is 12.0 Å². The van der Waals surface area contributed by atoms with E-state index in [1.54, 1.807) is 12.1 Å². The summed E-state index contributed by atoms with van der Waals surface area (Å²) >= 11 is 0. The largest absolute Gasteiger partial charge is 0.490 e. The van der Waals surface area contributed by atoms with Gasteiger partial charge in [-0.25, -0.2) is 0 Å². The molecule has 4 rings (SSSR count). The highest BCUT2D eigenvalue weighted by Crippen LogP contribution is 2.56. The summed E-state index contributed by atoms with van der Waals surface area (Å²) in [6.45, 7) is 8.00. The van der Waals surface area contributed by atoms with E-state index in [4.69, 9.17) is 4.74 Å². The zero-order valence-corrected chi connectivity index (χ0v) is 17.7. The molecule has 4 unspecified atom stereocenters. The molecule has 1 N–H and O–H groups in total. The number of Topliss-reactive ketones (excluding diaryl/α,β-unsaturated/α-hetero) is 1. The van der Waals surface area contributed by atoms with Crippen molar-refractivity contribution in [1.29, 1.82) is 0 Å². The van der Waals surface area contributed by atoms with Crippen molar-refractivity contribution in [1.82, 2.24) is 0 Å². The summed E-state index contributed by atoms with van der Waals surface area (Å²) in [5.74, 6) is 0.710. The highest BCUT2D eigenvalue weighted by atomic mass is 16.6. The van der Waals surface area contributed by atoms with E-state index in [1.165, 1.54) is 7.11 Å². The molecule has 0 bridgehead atoms. The zero-order chi connectivity index (χ0) is 21.1. The van der Waals surface area contributed by atoms with Gasteiger partial charge in [-0.15, -0.1) is 0 Å². The van der Waals surface area contributed by atoms with Crippen LogP contribution in [0.25, 0.3) is 0 Å². The monoisotopic (exact) mass is 407 g/mol. The standard InChI is InChI=1S/C18H21NO5.2C2H6.CH4/c1-24-16-8-10-2-3-12-11(13(10)9-15(16)19(22)23)6-7-18(21)14(12)4-5-17(18)20;2*1-2;/h8-9,11-12,14,21H,2-7H2,1H3;2*1-2H3;1H4. The second kappa shape index (κ2) is 10.2. The van der Waals surface area contributed by atoms with Crippen molar-refractivity contribution in [3.05, 3.63) is 33.4 Å².